The van der Waals surface area contributed by atoms with E-state index in [4.69, 9.17) is 4.74 Å². The molecule has 0 aromatic heterocycles. The van der Waals surface area contributed by atoms with Crippen LogP contribution in [0.4, 0.5) is 5.69 Å². The SMILES string of the molecule is Cc1cc(CNC2CC2)ccc1N1CC(C)OC(CO)C1. The molecule has 3 rings (SSSR count). The first kappa shape index (κ1) is 14.8. The predicted molar refractivity (Wildman–Crippen MR) is 84.7 cm³/mol. The third-order valence-corrected chi connectivity index (χ3v) is 4.30. The Bertz CT molecular complexity index is 488. The van der Waals surface area contributed by atoms with Gasteiger partial charge in [-0.15, -0.1) is 0 Å². The Morgan fingerprint density at radius 2 is 2.14 bits per heavy atom. The highest BCUT2D eigenvalue weighted by Crippen LogP contribution is 2.26. The highest BCUT2D eigenvalue weighted by molar-refractivity contribution is 5.55. The predicted octanol–water partition coefficient (Wildman–Crippen LogP) is 1.83. The van der Waals surface area contributed by atoms with E-state index in [1.54, 1.807) is 0 Å². The topological polar surface area (TPSA) is 44.7 Å². The molecule has 116 valence electrons. The van der Waals surface area contributed by atoms with Crippen molar-refractivity contribution in [2.24, 2.45) is 0 Å². The third-order valence-electron chi connectivity index (χ3n) is 4.30. The van der Waals surface area contributed by atoms with Crippen LogP contribution in [0.1, 0.15) is 30.9 Å². The van der Waals surface area contributed by atoms with Crippen molar-refractivity contribution in [2.75, 3.05) is 24.6 Å². The molecule has 4 nitrogen and oxygen atoms in total. The molecule has 2 N–H and O–H groups in total. The van der Waals surface area contributed by atoms with Gasteiger partial charge in [0.25, 0.3) is 0 Å². The number of aliphatic hydroxyl groups excluding tert-OH is 1. The number of aliphatic hydroxyl groups is 1. The van der Waals surface area contributed by atoms with Crippen molar-refractivity contribution in [1.82, 2.24) is 5.32 Å². The fraction of sp³-hybridized carbons (Fsp3) is 0.647. The van der Waals surface area contributed by atoms with E-state index in [9.17, 15) is 5.11 Å². The monoisotopic (exact) mass is 290 g/mol. The third kappa shape index (κ3) is 3.76. The van der Waals surface area contributed by atoms with Gasteiger partial charge in [-0.1, -0.05) is 12.1 Å². The highest BCUT2D eigenvalue weighted by Gasteiger charge is 2.25. The van der Waals surface area contributed by atoms with Gasteiger partial charge in [0.05, 0.1) is 18.8 Å². The minimum absolute atomic E-state index is 0.0793. The normalized spacial score (nSPS) is 26.1. The Hall–Kier alpha value is -1.10. The van der Waals surface area contributed by atoms with Crippen LogP contribution >= 0.6 is 0 Å². The van der Waals surface area contributed by atoms with Gasteiger partial charge in [-0.05, 0) is 43.9 Å². The number of rotatable bonds is 5. The average molecular weight is 290 g/mol. The molecule has 21 heavy (non-hydrogen) atoms. The molecular formula is C17H26N2O2. The fourth-order valence-electron chi connectivity index (χ4n) is 3.07. The molecule has 0 radical (unpaired) electrons. The van der Waals surface area contributed by atoms with E-state index in [1.165, 1.54) is 29.7 Å². The smallest absolute Gasteiger partial charge is 0.0984 e. The maximum Gasteiger partial charge on any atom is 0.0984 e. The Morgan fingerprint density at radius 1 is 1.33 bits per heavy atom. The van der Waals surface area contributed by atoms with Crippen molar-refractivity contribution >= 4 is 5.69 Å². The van der Waals surface area contributed by atoms with Gasteiger partial charge in [-0.25, -0.2) is 0 Å². The van der Waals surface area contributed by atoms with Crippen LogP contribution in [-0.2, 0) is 11.3 Å². The number of hydrogen-bond donors (Lipinski definition) is 2. The molecule has 1 saturated carbocycles. The Labute approximate surface area is 127 Å². The number of aryl methyl sites for hydroxylation is 1. The molecule has 4 heteroatoms. The second kappa shape index (κ2) is 6.34. The number of benzene rings is 1. The maximum absolute atomic E-state index is 9.35. The minimum atomic E-state index is -0.0793. The lowest BCUT2D eigenvalue weighted by atomic mass is 10.1. The van der Waals surface area contributed by atoms with Gasteiger partial charge < -0.3 is 20.1 Å². The summed E-state index contributed by atoms with van der Waals surface area (Å²) in [4.78, 5) is 2.34. The number of nitrogens with one attached hydrogen (secondary N) is 1. The number of ether oxygens (including phenoxy) is 1. The standard InChI is InChI=1S/C17H26N2O2/c1-12-7-14(8-18-15-4-5-15)3-6-17(12)19-9-13(2)21-16(10-19)11-20/h3,6-7,13,15-16,18,20H,4-5,8-11H2,1-2H3. The van der Waals surface area contributed by atoms with E-state index < -0.39 is 0 Å². The first-order valence-corrected chi connectivity index (χ1v) is 8.00. The van der Waals surface area contributed by atoms with E-state index in [-0.39, 0.29) is 18.8 Å². The molecule has 2 aliphatic rings. The summed E-state index contributed by atoms with van der Waals surface area (Å²) in [6.45, 7) is 6.94. The zero-order valence-electron chi connectivity index (χ0n) is 13.0. The minimum Gasteiger partial charge on any atom is -0.394 e. The van der Waals surface area contributed by atoms with Gasteiger partial charge >= 0.3 is 0 Å². The van der Waals surface area contributed by atoms with Gasteiger partial charge in [-0.3, -0.25) is 0 Å². The summed E-state index contributed by atoms with van der Waals surface area (Å²) in [6, 6.07) is 7.45. The molecule has 1 aliphatic carbocycles. The van der Waals surface area contributed by atoms with Crippen LogP contribution in [-0.4, -0.2) is 43.1 Å². The Kier molecular flexibility index (Phi) is 4.48. The lowest BCUT2D eigenvalue weighted by molar-refractivity contribution is -0.0421. The molecule has 1 saturated heterocycles. The number of morpholine rings is 1. The molecule has 2 fully saturated rings. The van der Waals surface area contributed by atoms with Crippen LogP contribution in [0.5, 0.6) is 0 Å². The summed E-state index contributed by atoms with van der Waals surface area (Å²) in [5.41, 5.74) is 3.91. The van der Waals surface area contributed by atoms with Crippen LogP contribution in [0.3, 0.4) is 0 Å². The Morgan fingerprint density at radius 3 is 2.81 bits per heavy atom. The molecule has 2 atom stereocenters. The van der Waals surface area contributed by atoms with Gasteiger partial charge in [-0.2, -0.15) is 0 Å². The largest absolute Gasteiger partial charge is 0.394 e. The Balaban J connectivity index is 1.68. The molecule has 1 aliphatic heterocycles. The second-order valence-electron chi connectivity index (χ2n) is 6.43. The van der Waals surface area contributed by atoms with Crippen molar-refractivity contribution in [3.8, 4) is 0 Å². The van der Waals surface area contributed by atoms with Gasteiger partial charge in [0.2, 0.25) is 0 Å². The van der Waals surface area contributed by atoms with Crippen molar-refractivity contribution < 1.29 is 9.84 Å². The van der Waals surface area contributed by atoms with E-state index in [2.05, 4.69) is 42.3 Å². The molecule has 1 aromatic rings. The molecule has 1 heterocycles. The summed E-state index contributed by atoms with van der Waals surface area (Å²) in [5, 5.41) is 12.9. The van der Waals surface area contributed by atoms with E-state index in [1.807, 2.05) is 0 Å². The van der Waals surface area contributed by atoms with E-state index >= 15 is 0 Å². The zero-order chi connectivity index (χ0) is 14.8. The number of hydrogen-bond acceptors (Lipinski definition) is 4. The first-order chi connectivity index (χ1) is 10.2. The summed E-state index contributed by atoms with van der Waals surface area (Å²) in [5.74, 6) is 0. The van der Waals surface area contributed by atoms with Crippen molar-refractivity contribution in [1.29, 1.82) is 0 Å². The molecule has 2 unspecified atom stereocenters. The second-order valence-corrected chi connectivity index (χ2v) is 6.43. The number of anilines is 1. The fourth-order valence-corrected chi connectivity index (χ4v) is 3.07. The first-order valence-electron chi connectivity index (χ1n) is 8.00. The summed E-state index contributed by atoms with van der Waals surface area (Å²) >= 11 is 0. The van der Waals surface area contributed by atoms with Gasteiger partial charge in [0.15, 0.2) is 0 Å². The lowest BCUT2D eigenvalue weighted by Crippen LogP contribution is -2.48. The maximum atomic E-state index is 9.35. The zero-order valence-corrected chi connectivity index (χ0v) is 13.0. The molecule has 0 spiro atoms. The number of nitrogens with zero attached hydrogens (tertiary/aromatic N) is 1. The highest BCUT2D eigenvalue weighted by atomic mass is 16.5. The van der Waals surface area contributed by atoms with E-state index in [0.717, 1.165) is 25.7 Å². The van der Waals surface area contributed by atoms with Crippen molar-refractivity contribution in [2.45, 2.75) is 51.5 Å². The average Bonchev–Trinajstić information content (AvgIpc) is 3.28. The molecule has 0 bridgehead atoms. The quantitative estimate of drug-likeness (QED) is 0.868. The lowest BCUT2D eigenvalue weighted by Gasteiger charge is -2.38. The van der Waals surface area contributed by atoms with Crippen LogP contribution in [0.2, 0.25) is 0 Å². The summed E-state index contributed by atoms with van der Waals surface area (Å²) < 4.78 is 5.72. The van der Waals surface area contributed by atoms with Crippen LogP contribution in [0, 0.1) is 6.92 Å². The van der Waals surface area contributed by atoms with Crippen molar-refractivity contribution in [3.63, 3.8) is 0 Å². The van der Waals surface area contributed by atoms with Crippen LogP contribution in [0.15, 0.2) is 18.2 Å². The molecule has 0 amide bonds. The van der Waals surface area contributed by atoms with Gasteiger partial charge in [0, 0.05) is 31.4 Å². The van der Waals surface area contributed by atoms with Crippen LogP contribution < -0.4 is 10.2 Å². The van der Waals surface area contributed by atoms with Crippen molar-refractivity contribution in [3.05, 3.63) is 29.3 Å². The molecular weight excluding hydrogens is 264 g/mol. The van der Waals surface area contributed by atoms with E-state index in [0.29, 0.717) is 0 Å². The molecule has 1 aromatic carbocycles. The summed E-state index contributed by atoms with van der Waals surface area (Å²) in [6.07, 6.45) is 2.73. The van der Waals surface area contributed by atoms with Gasteiger partial charge in [0.1, 0.15) is 0 Å². The van der Waals surface area contributed by atoms with Crippen LogP contribution in [0.25, 0.3) is 0 Å². The summed E-state index contributed by atoms with van der Waals surface area (Å²) in [7, 11) is 0.